The number of carbonyl (C=O) groups is 1. The molecule has 0 fully saturated rings. The molecule has 1 aromatic carbocycles. The molecule has 1 N–H and O–H groups in total. The van der Waals surface area contributed by atoms with Crippen LogP contribution in [0.1, 0.15) is 50.6 Å². The van der Waals surface area contributed by atoms with Crippen LogP contribution in [0.25, 0.3) is 10.2 Å². The molecule has 0 aliphatic heterocycles. The zero-order valence-corrected chi connectivity index (χ0v) is 19.5. The lowest BCUT2D eigenvalue weighted by molar-refractivity contribution is -0.118. The number of aryl methyl sites for hydroxylation is 1. The average Bonchev–Trinajstić information content (AvgIpc) is 3.12. The van der Waals surface area contributed by atoms with Crippen molar-refractivity contribution in [2.75, 3.05) is 12.4 Å². The molecule has 1 amide bonds. The Bertz CT molecular complexity index is 1170. The van der Waals surface area contributed by atoms with Crippen LogP contribution in [0.3, 0.4) is 0 Å². The number of anilines is 1. The van der Waals surface area contributed by atoms with Crippen molar-refractivity contribution in [2.24, 2.45) is 11.3 Å². The van der Waals surface area contributed by atoms with Crippen LogP contribution in [-0.2, 0) is 17.6 Å². The highest BCUT2D eigenvalue weighted by Gasteiger charge is 2.32. The summed E-state index contributed by atoms with van der Waals surface area (Å²) in [7, 11) is 1.59. The van der Waals surface area contributed by atoms with E-state index in [2.05, 4.69) is 31.1 Å². The normalized spacial score (nSPS) is 17.3. The number of aromatic nitrogens is 2. The number of methoxy groups -OCH3 is 1. The van der Waals surface area contributed by atoms with Gasteiger partial charge in [-0.15, -0.1) is 11.3 Å². The van der Waals surface area contributed by atoms with Crippen LogP contribution in [0.2, 0.25) is 0 Å². The summed E-state index contributed by atoms with van der Waals surface area (Å²) in [6.45, 7) is 8.57. The highest BCUT2D eigenvalue weighted by molar-refractivity contribution is 7.18. The van der Waals surface area contributed by atoms with Gasteiger partial charge in [0.15, 0.2) is 0 Å². The van der Waals surface area contributed by atoms with Gasteiger partial charge in [0.1, 0.15) is 16.6 Å². The van der Waals surface area contributed by atoms with E-state index < -0.39 is 6.04 Å². The summed E-state index contributed by atoms with van der Waals surface area (Å²) in [6.07, 6.45) is 4.47. The Hall–Kier alpha value is -2.67. The predicted octanol–water partition coefficient (Wildman–Crippen LogP) is 4.82. The molecule has 3 aromatic rings. The molecular formula is C24H29N3O3S. The Labute approximate surface area is 186 Å². The van der Waals surface area contributed by atoms with Crippen LogP contribution in [-0.4, -0.2) is 22.6 Å². The Morgan fingerprint density at radius 3 is 2.65 bits per heavy atom. The van der Waals surface area contributed by atoms with Crippen LogP contribution >= 0.6 is 11.3 Å². The second-order valence-corrected chi connectivity index (χ2v) is 10.4. The number of thiophene rings is 1. The fourth-order valence-corrected chi connectivity index (χ4v) is 5.50. The molecule has 1 aliphatic carbocycles. The van der Waals surface area contributed by atoms with Gasteiger partial charge in [-0.25, -0.2) is 4.98 Å². The van der Waals surface area contributed by atoms with Gasteiger partial charge < -0.3 is 10.1 Å². The van der Waals surface area contributed by atoms with Crippen molar-refractivity contribution in [3.05, 3.63) is 51.4 Å². The number of fused-ring (bicyclic) bond motifs is 3. The van der Waals surface area contributed by atoms with E-state index in [1.165, 1.54) is 15.8 Å². The maximum Gasteiger partial charge on any atom is 0.263 e. The first-order chi connectivity index (χ1) is 14.7. The van der Waals surface area contributed by atoms with Gasteiger partial charge in [-0.3, -0.25) is 14.2 Å². The minimum absolute atomic E-state index is 0.130. The lowest BCUT2D eigenvalue weighted by Crippen LogP contribution is -2.32. The predicted molar refractivity (Wildman–Crippen MR) is 125 cm³/mol. The summed E-state index contributed by atoms with van der Waals surface area (Å²) in [5.41, 5.74) is 1.90. The van der Waals surface area contributed by atoms with Gasteiger partial charge in [0.05, 0.1) is 18.8 Å². The summed E-state index contributed by atoms with van der Waals surface area (Å²) >= 11 is 1.63. The topological polar surface area (TPSA) is 73.2 Å². The number of benzene rings is 1. The molecule has 31 heavy (non-hydrogen) atoms. The molecule has 0 radical (unpaired) electrons. The first-order valence-corrected chi connectivity index (χ1v) is 11.5. The fraction of sp³-hybridized carbons (Fsp3) is 0.458. The molecule has 164 valence electrons. The third kappa shape index (κ3) is 4.11. The summed E-state index contributed by atoms with van der Waals surface area (Å²) in [6, 6.07) is 6.43. The highest BCUT2D eigenvalue weighted by atomic mass is 32.1. The first kappa shape index (κ1) is 21.6. The molecule has 6 nitrogen and oxygen atoms in total. The second kappa shape index (κ2) is 8.11. The summed E-state index contributed by atoms with van der Waals surface area (Å²) in [4.78, 5) is 32.8. The van der Waals surface area contributed by atoms with Gasteiger partial charge in [-0.1, -0.05) is 20.8 Å². The van der Waals surface area contributed by atoms with E-state index >= 15 is 0 Å². The lowest BCUT2D eigenvalue weighted by atomic mass is 9.72. The van der Waals surface area contributed by atoms with Crippen molar-refractivity contribution in [1.82, 2.24) is 9.55 Å². The highest BCUT2D eigenvalue weighted by Crippen LogP contribution is 2.42. The van der Waals surface area contributed by atoms with E-state index in [9.17, 15) is 9.59 Å². The standard InChI is InChI=1S/C24H29N3O3S/c1-14(21(28)26-16-7-9-17(30-5)10-8-16)27-13-25-22-20(23(27)29)18-11-6-15(24(2,3)4)12-19(18)31-22/h7-10,13-15H,6,11-12H2,1-5H3,(H,26,28). The molecular weight excluding hydrogens is 410 g/mol. The maximum absolute atomic E-state index is 13.4. The Balaban J connectivity index is 1.62. The number of hydrogen-bond donors (Lipinski definition) is 1. The van der Waals surface area contributed by atoms with E-state index in [0.29, 0.717) is 22.7 Å². The zero-order valence-electron chi connectivity index (χ0n) is 18.7. The van der Waals surface area contributed by atoms with Gasteiger partial charge in [0.2, 0.25) is 5.91 Å². The smallest absolute Gasteiger partial charge is 0.263 e. The van der Waals surface area contributed by atoms with E-state index in [4.69, 9.17) is 4.74 Å². The number of rotatable bonds is 4. The maximum atomic E-state index is 13.4. The van der Waals surface area contributed by atoms with E-state index in [-0.39, 0.29) is 16.9 Å². The molecule has 1 aliphatic rings. The van der Waals surface area contributed by atoms with E-state index in [1.54, 1.807) is 49.6 Å². The average molecular weight is 440 g/mol. The third-order valence-electron chi connectivity index (χ3n) is 6.37. The first-order valence-electron chi connectivity index (χ1n) is 10.7. The molecule has 7 heteroatoms. The van der Waals surface area contributed by atoms with Crippen molar-refractivity contribution in [2.45, 2.75) is 53.0 Å². The molecule has 0 bridgehead atoms. The van der Waals surface area contributed by atoms with E-state index in [0.717, 1.165) is 29.7 Å². The number of carbonyl (C=O) groups excluding carboxylic acids is 1. The van der Waals surface area contributed by atoms with Gasteiger partial charge >= 0.3 is 0 Å². The SMILES string of the molecule is COc1ccc(NC(=O)C(C)n2cnc3sc4c(c3c2=O)CCC(C(C)(C)C)C4)cc1. The Morgan fingerprint density at radius 1 is 1.29 bits per heavy atom. The van der Waals surface area contributed by atoms with Crippen molar-refractivity contribution in [3.63, 3.8) is 0 Å². The fourth-order valence-electron chi connectivity index (χ4n) is 4.24. The van der Waals surface area contributed by atoms with Gasteiger partial charge in [-0.05, 0) is 67.3 Å². The molecule has 0 spiro atoms. The zero-order chi connectivity index (χ0) is 22.3. The number of nitrogens with zero attached hydrogens (tertiary/aromatic N) is 2. The van der Waals surface area contributed by atoms with Gasteiger partial charge in [0.25, 0.3) is 5.56 Å². The quantitative estimate of drug-likeness (QED) is 0.633. The largest absolute Gasteiger partial charge is 0.497 e. The molecule has 4 rings (SSSR count). The third-order valence-corrected chi connectivity index (χ3v) is 7.54. The van der Waals surface area contributed by atoms with Crippen molar-refractivity contribution >= 4 is 33.1 Å². The number of hydrogen-bond acceptors (Lipinski definition) is 5. The minimum atomic E-state index is -0.673. The van der Waals surface area contributed by atoms with E-state index in [1.807, 2.05) is 0 Å². The van der Waals surface area contributed by atoms with Crippen molar-refractivity contribution in [3.8, 4) is 5.75 Å². The van der Waals surface area contributed by atoms with Crippen molar-refractivity contribution in [1.29, 1.82) is 0 Å². The Kier molecular flexibility index (Phi) is 5.64. The summed E-state index contributed by atoms with van der Waals surface area (Å²) in [5, 5.41) is 3.56. The molecule has 0 saturated carbocycles. The molecule has 2 aromatic heterocycles. The minimum Gasteiger partial charge on any atom is -0.497 e. The lowest BCUT2D eigenvalue weighted by Gasteiger charge is -2.33. The summed E-state index contributed by atoms with van der Waals surface area (Å²) < 4.78 is 6.59. The Morgan fingerprint density at radius 2 is 2.00 bits per heavy atom. The van der Waals surface area contributed by atoms with Crippen LogP contribution in [0.4, 0.5) is 5.69 Å². The van der Waals surface area contributed by atoms with Crippen LogP contribution in [0, 0.1) is 11.3 Å². The van der Waals surface area contributed by atoms with Crippen LogP contribution in [0.15, 0.2) is 35.4 Å². The van der Waals surface area contributed by atoms with Crippen LogP contribution < -0.4 is 15.6 Å². The summed E-state index contributed by atoms with van der Waals surface area (Å²) in [5.74, 6) is 1.06. The molecule has 0 saturated heterocycles. The number of amides is 1. The molecule has 2 heterocycles. The molecule has 2 unspecified atom stereocenters. The second-order valence-electron chi connectivity index (χ2n) is 9.34. The monoisotopic (exact) mass is 439 g/mol. The number of nitrogens with one attached hydrogen (secondary N) is 1. The van der Waals surface area contributed by atoms with Gasteiger partial charge in [-0.2, -0.15) is 0 Å². The van der Waals surface area contributed by atoms with Crippen LogP contribution in [0.5, 0.6) is 5.75 Å². The van der Waals surface area contributed by atoms with Gasteiger partial charge in [0, 0.05) is 10.6 Å². The number of ether oxygens (including phenoxy) is 1. The molecule has 2 atom stereocenters. The van der Waals surface area contributed by atoms with Crippen molar-refractivity contribution < 1.29 is 9.53 Å².